The molecule has 0 aromatic carbocycles. The molecular formula is C46H83O10P. The third kappa shape index (κ3) is 41.9. The Labute approximate surface area is 347 Å². The second-order valence-electron chi connectivity index (χ2n) is 15.1. The van der Waals surface area contributed by atoms with Crippen molar-refractivity contribution in [3.05, 3.63) is 48.6 Å². The van der Waals surface area contributed by atoms with E-state index in [-0.39, 0.29) is 19.4 Å². The van der Waals surface area contributed by atoms with Crippen molar-refractivity contribution in [2.24, 2.45) is 0 Å². The van der Waals surface area contributed by atoms with E-state index < -0.39 is 51.8 Å². The number of hydrogen-bond acceptors (Lipinski definition) is 9. The number of aliphatic hydroxyl groups is 2. The van der Waals surface area contributed by atoms with Crippen LogP contribution in [0.3, 0.4) is 0 Å². The lowest BCUT2D eigenvalue weighted by Crippen LogP contribution is -2.29. The predicted molar refractivity (Wildman–Crippen MR) is 233 cm³/mol. The number of unbranched alkanes of at least 4 members (excludes halogenated alkanes) is 20. The second-order valence-corrected chi connectivity index (χ2v) is 16.5. The van der Waals surface area contributed by atoms with Gasteiger partial charge in [0.2, 0.25) is 0 Å². The normalized spacial score (nSPS) is 14.3. The van der Waals surface area contributed by atoms with Gasteiger partial charge in [-0.2, -0.15) is 0 Å². The summed E-state index contributed by atoms with van der Waals surface area (Å²) in [6.45, 7) is 2.23. The minimum atomic E-state index is -4.63. The molecule has 0 spiro atoms. The fourth-order valence-corrected chi connectivity index (χ4v) is 6.83. The Balaban J connectivity index is 4.29. The van der Waals surface area contributed by atoms with Gasteiger partial charge in [0.25, 0.3) is 0 Å². The van der Waals surface area contributed by atoms with Crippen LogP contribution in [0.15, 0.2) is 48.6 Å². The fourth-order valence-electron chi connectivity index (χ4n) is 6.04. The molecule has 1 unspecified atom stereocenters. The van der Waals surface area contributed by atoms with Crippen LogP contribution in [0.2, 0.25) is 0 Å². The number of carbonyl (C=O) groups excluding carboxylic acids is 2. The average molecular weight is 827 g/mol. The zero-order chi connectivity index (χ0) is 41.9. The zero-order valence-electron chi connectivity index (χ0n) is 36.0. The Hall–Kier alpha value is -2.07. The summed E-state index contributed by atoms with van der Waals surface area (Å²) in [6.07, 6.45) is 45.1. The molecule has 0 amide bonds. The molecule has 0 heterocycles. The Morgan fingerprint density at radius 1 is 0.544 bits per heavy atom. The second kappa shape index (κ2) is 42.1. The van der Waals surface area contributed by atoms with Crippen LogP contribution < -0.4 is 0 Å². The fraction of sp³-hybridized carbons (Fsp3) is 0.783. The van der Waals surface area contributed by atoms with Gasteiger partial charge in [0.15, 0.2) is 6.10 Å². The van der Waals surface area contributed by atoms with Gasteiger partial charge in [0.05, 0.1) is 19.8 Å². The summed E-state index contributed by atoms with van der Waals surface area (Å²) < 4.78 is 32.7. The quantitative estimate of drug-likeness (QED) is 0.0235. The molecule has 0 rings (SSSR count). The summed E-state index contributed by atoms with van der Waals surface area (Å²) in [5.41, 5.74) is 0. The van der Waals surface area contributed by atoms with E-state index in [9.17, 15) is 24.2 Å². The van der Waals surface area contributed by atoms with Gasteiger partial charge in [-0.25, -0.2) is 4.57 Å². The van der Waals surface area contributed by atoms with Crippen LogP contribution >= 0.6 is 7.82 Å². The lowest BCUT2D eigenvalue weighted by atomic mass is 10.0. The topological polar surface area (TPSA) is 149 Å². The Kier molecular flexibility index (Phi) is 40.5. The van der Waals surface area contributed by atoms with Gasteiger partial charge >= 0.3 is 19.8 Å². The minimum Gasteiger partial charge on any atom is -0.462 e. The number of ether oxygens (including phenoxy) is 2. The van der Waals surface area contributed by atoms with Crippen molar-refractivity contribution in [2.45, 2.75) is 206 Å². The maximum atomic E-state index is 12.6. The molecule has 3 N–H and O–H groups in total. The molecule has 3 atom stereocenters. The highest BCUT2D eigenvalue weighted by atomic mass is 31.2. The van der Waals surface area contributed by atoms with Crippen molar-refractivity contribution >= 4 is 19.8 Å². The van der Waals surface area contributed by atoms with E-state index >= 15 is 0 Å². The molecule has 0 aliphatic rings. The predicted octanol–water partition coefficient (Wildman–Crippen LogP) is 12.1. The average Bonchev–Trinajstić information content (AvgIpc) is 3.20. The van der Waals surface area contributed by atoms with Crippen LogP contribution in [0.4, 0.5) is 0 Å². The first-order chi connectivity index (χ1) is 27.7. The van der Waals surface area contributed by atoms with Gasteiger partial charge in [-0.1, -0.05) is 178 Å². The lowest BCUT2D eigenvalue weighted by Gasteiger charge is -2.20. The van der Waals surface area contributed by atoms with E-state index in [0.717, 1.165) is 57.8 Å². The number of esters is 2. The lowest BCUT2D eigenvalue weighted by molar-refractivity contribution is -0.161. The largest absolute Gasteiger partial charge is 0.472 e. The van der Waals surface area contributed by atoms with Crippen LogP contribution in [0.25, 0.3) is 0 Å². The summed E-state index contributed by atoms with van der Waals surface area (Å²) in [4.78, 5) is 35.0. The van der Waals surface area contributed by atoms with Crippen molar-refractivity contribution < 1.29 is 47.8 Å². The number of carbonyl (C=O) groups is 2. The molecule has 11 heteroatoms. The van der Waals surface area contributed by atoms with E-state index in [1.165, 1.54) is 96.3 Å². The minimum absolute atomic E-state index is 0.177. The summed E-state index contributed by atoms with van der Waals surface area (Å²) in [5.74, 6) is -0.969. The molecule has 332 valence electrons. The van der Waals surface area contributed by atoms with E-state index in [1.54, 1.807) is 0 Å². The molecule has 0 radical (unpaired) electrons. The summed E-state index contributed by atoms with van der Waals surface area (Å²) >= 11 is 0. The standard InChI is InChI=1S/C46H83O10P/c1-3-5-7-9-11-13-15-17-19-20-21-22-24-26-28-30-32-34-36-38-46(50)56-44(42-55-57(51,52)54-40-43(48)39-47)41-53-45(49)37-35-33-31-29-27-25-23-18-16-14-12-10-8-6-4-2/h6,8,12,14,18,23,27,29,43-44,47-48H,3-5,7,9-11,13,15-17,19-22,24-26,28,30-42H2,1-2H3,(H,51,52)/b8-6+,14-12+,23-18+,29-27+/t43-,44+/m0/s1. The maximum absolute atomic E-state index is 12.6. The third-order valence-corrected chi connectivity index (χ3v) is 10.4. The van der Waals surface area contributed by atoms with Gasteiger partial charge in [0.1, 0.15) is 12.7 Å². The number of phosphoric acid groups is 1. The molecule has 0 aliphatic heterocycles. The summed E-state index contributed by atoms with van der Waals surface area (Å²) in [6, 6.07) is 0. The molecule has 0 saturated carbocycles. The molecule has 0 aromatic heterocycles. The molecule has 0 fully saturated rings. The first-order valence-corrected chi connectivity index (χ1v) is 24.1. The maximum Gasteiger partial charge on any atom is 0.472 e. The van der Waals surface area contributed by atoms with Crippen molar-refractivity contribution in [1.82, 2.24) is 0 Å². The van der Waals surface area contributed by atoms with E-state index in [2.05, 4.69) is 67.0 Å². The van der Waals surface area contributed by atoms with E-state index in [4.69, 9.17) is 19.1 Å². The van der Waals surface area contributed by atoms with Crippen LogP contribution in [-0.4, -0.2) is 65.7 Å². The smallest absolute Gasteiger partial charge is 0.462 e. The number of hydrogen-bond donors (Lipinski definition) is 3. The first-order valence-electron chi connectivity index (χ1n) is 22.6. The van der Waals surface area contributed by atoms with Crippen LogP contribution in [0, 0.1) is 0 Å². The molecule has 0 bridgehead atoms. The van der Waals surface area contributed by atoms with Crippen molar-refractivity contribution in [3.63, 3.8) is 0 Å². The first kappa shape index (κ1) is 54.9. The van der Waals surface area contributed by atoms with Crippen molar-refractivity contribution in [2.75, 3.05) is 26.4 Å². The number of aliphatic hydroxyl groups excluding tert-OH is 2. The molecule has 0 aromatic rings. The molecule has 0 saturated heterocycles. The Morgan fingerprint density at radius 2 is 0.965 bits per heavy atom. The molecule has 0 aliphatic carbocycles. The monoisotopic (exact) mass is 827 g/mol. The van der Waals surface area contributed by atoms with E-state index in [1.807, 2.05) is 0 Å². The van der Waals surface area contributed by atoms with Gasteiger partial charge < -0.3 is 24.6 Å². The van der Waals surface area contributed by atoms with Gasteiger partial charge in [-0.3, -0.25) is 18.6 Å². The number of rotatable bonds is 42. The summed E-state index contributed by atoms with van der Waals surface area (Å²) in [7, 11) is -4.63. The number of allylic oxidation sites excluding steroid dienone is 8. The zero-order valence-corrected chi connectivity index (χ0v) is 36.9. The highest BCUT2D eigenvalue weighted by Crippen LogP contribution is 2.43. The number of phosphoric ester groups is 1. The molecule has 10 nitrogen and oxygen atoms in total. The molecular weight excluding hydrogens is 743 g/mol. The summed E-state index contributed by atoms with van der Waals surface area (Å²) in [5, 5.41) is 18.3. The highest BCUT2D eigenvalue weighted by molar-refractivity contribution is 7.47. The van der Waals surface area contributed by atoms with Crippen molar-refractivity contribution in [3.8, 4) is 0 Å². The van der Waals surface area contributed by atoms with Gasteiger partial charge in [-0.05, 0) is 51.4 Å². The van der Waals surface area contributed by atoms with Gasteiger partial charge in [-0.15, -0.1) is 0 Å². The third-order valence-electron chi connectivity index (χ3n) is 9.50. The van der Waals surface area contributed by atoms with Crippen LogP contribution in [-0.2, 0) is 32.7 Å². The Morgan fingerprint density at radius 3 is 1.46 bits per heavy atom. The van der Waals surface area contributed by atoms with E-state index in [0.29, 0.717) is 12.8 Å². The van der Waals surface area contributed by atoms with Gasteiger partial charge in [0, 0.05) is 12.8 Å². The molecule has 57 heavy (non-hydrogen) atoms. The van der Waals surface area contributed by atoms with Crippen LogP contribution in [0.1, 0.15) is 194 Å². The van der Waals surface area contributed by atoms with Crippen molar-refractivity contribution in [1.29, 1.82) is 0 Å². The van der Waals surface area contributed by atoms with Crippen LogP contribution in [0.5, 0.6) is 0 Å². The highest BCUT2D eigenvalue weighted by Gasteiger charge is 2.27. The Bertz CT molecular complexity index is 1090. The SMILES string of the molecule is CC/C=C/C/C=C/C/C=C/C/C=C/CCCCC(=O)OC[C@H](COP(=O)(O)OC[C@@H](O)CO)OC(=O)CCCCCCCCCCCCCCCCCCCCC.